The first-order valence-corrected chi connectivity index (χ1v) is 7.03. The second-order valence-electron chi connectivity index (χ2n) is 5.62. The molecule has 1 atom stereocenters. The van der Waals surface area contributed by atoms with Gasteiger partial charge in [0.2, 0.25) is 0 Å². The van der Waals surface area contributed by atoms with Gasteiger partial charge in [-0.05, 0) is 19.3 Å². The van der Waals surface area contributed by atoms with Crippen molar-refractivity contribution in [3.63, 3.8) is 0 Å². The van der Waals surface area contributed by atoms with E-state index in [0.29, 0.717) is 12.3 Å². The third-order valence-corrected chi connectivity index (χ3v) is 4.45. The smallest absolute Gasteiger partial charge is 0.306 e. The van der Waals surface area contributed by atoms with Crippen molar-refractivity contribution in [1.82, 2.24) is 9.55 Å². The highest BCUT2D eigenvalue weighted by molar-refractivity contribution is 5.70. The van der Waals surface area contributed by atoms with Gasteiger partial charge in [-0.2, -0.15) is 0 Å². The quantitative estimate of drug-likeness (QED) is 0.875. The molecule has 1 aliphatic heterocycles. The van der Waals surface area contributed by atoms with Gasteiger partial charge in [0.1, 0.15) is 5.82 Å². The Morgan fingerprint density at radius 3 is 2.78 bits per heavy atom. The maximum absolute atomic E-state index is 11.0. The number of carbonyl (C=O) groups is 1. The van der Waals surface area contributed by atoms with E-state index in [-0.39, 0.29) is 5.92 Å². The number of rotatable bonds is 2. The molecule has 1 saturated carbocycles. The summed E-state index contributed by atoms with van der Waals surface area (Å²) in [5, 5.41) is 9.09. The number of imidazole rings is 1. The van der Waals surface area contributed by atoms with Gasteiger partial charge >= 0.3 is 5.97 Å². The molecule has 4 heteroatoms. The van der Waals surface area contributed by atoms with Crippen LogP contribution in [0.25, 0.3) is 0 Å². The van der Waals surface area contributed by atoms with Crippen LogP contribution >= 0.6 is 0 Å². The Balaban J connectivity index is 1.81. The Labute approximate surface area is 107 Å². The molecule has 0 saturated heterocycles. The fourth-order valence-corrected chi connectivity index (χ4v) is 3.39. The third kappa shape index (κ3) is 2.04. The van der Waals surface area contributed by atoms with Crippen molar-refractivity contribution in [3.05, 3.63) is 17.7 Å². The second kappa shape index (κ2) is 4.75. The van der Waals surface area contributed by atoms with Crippen LogP contribution in [-0.2, 0) is 17.8 Å². The summed E-state index contributed by atoms with van der Waals surface area (Å²) in [6.07, 6.45) is 9.77. The largest absolute Gasteiger partial charge is 0.481 e. The van der Waals surface area contributed by atoms with Crippen molar-refractivity contribution in [2.45, 2.75) is 57.4 Å². The van der Waals surface area contributed by atoms with Crippen molar-refractivity contribution in [3.8, 4) is 0 Å². The summed E-state index contributed by atoms with van der Waals surface area (Å²) in [4.78, 5) is 15.6. The van der Waals surface area contributed by atoms with Gasteiger partial charge in [0.15, 0.2) is 0 Å². The number of hydrogen-bond donors (Lipinski definition) is 1. The highest BCUT2D eigenvalue weighted by atomic mass is 16.4. The fourth-order valence-electron chi connectivity index (χ4n) is 3.39. The summed E-state index contributed by atoms with van der Waals surface area (Å²) in [5.41, 5.74) is 1.12. The van der Waals surface area contributed by atoms with Gasteiger partial charge in [-0.3, -0.25) is 4.79 Å². The van der Waals surface area contributed by atoms with Gasteiger partial charge in [-0.25, -0.2) is 4.98 Å². The van der Waals surface area contributed by atoms with Gasteiger partial charge in [0.05, 0.1) is 5.92 Å². The number of hydrogen-bond acceptors (Lipinski definition) is 2. The molecular weight excluding hydrogens is 228 g/mol. The van der Waals surface area contributed by atoms with Crippen LogP contribution in [0.2, 0.25) is 0 Å². The summed E-state index contributed by atoms with van der Waals surface area (Å²) in [5.74, 6) is 0.942. The standard InChI is InChI=1S/C14H20N2O2/c17-14(18)11-6-7-16-12(8-11)9-15-13(16)10-4-2-1-3-5-10/h9-11H,1-8H2,(H,17,18)/t11-/m1/s1. The predicted molar refractivity (Wildman–Crippen MR) is 67.5 cm³/mol. The lowest BCUT2D eigenvalue weighted by Gasteiger charge is -2.26. The van der Waals surface area contributed by atoms with E-state index in [1.807, 2.05) is 6.20 Å². The van der Waals surface area contributed by atoms with Crippen LogP contribution in [0.4, 0.5) is 0 Å². The zero-order valence-electron chi connectivity index (χ0n) is 10.6. The van der Waals surface area contributed by atoms with Crippen LogP contribution in [0.5, 0.6) is 0 Å². The molecule has 2 heterocycles. The van der Waals surface area contributed by atoms with E-state index in [1.165, 1.54) is 37.9 Å². The average molecular weight is 248 g/mol. The Morgan fingerprint density at radius 1 is 1.28 bits per heavy atom. The van der Waals surface area contributed by atoms with Gasteiger partial charge < -0.3 is 9.67 Å². The number of fused-ring (bicyclic) bond motifs is 1. The van der Waals surface area contributed by atoms with Crippen molar-refractivity contribution in [1.29, 1.82) is 0 Å². The maximum Gasteiger partial charge on any atom is 0.306 e. The van der Waals surface area contributed by atoms with Gasteiger partial charge in [-0.1, -0.05) is 19.3 Å². The van der Waals surface area contributed by atoms with E-state index in [0.717, 1.165) is 18.7 Å². The van der Waals surface area contributed by atoms with Crippen molar-refractivity contribution < 1.29 is 9.90 Å². The van der Waals surface area contributed by atoms with Crippen LogP contribution in [0.15, 0.2) is 6.20 Å². The molecule has 1 aromatic heterocycles. The molecule has 1 aromatic rings. The van der Waals surface area contributed by atoms with Gasteiger partial charge in [-0.15, -0.1) is 0 Å². The molecule has 1 fully saturated rings. The van der Waals surface area contributed by atoms with E-state index >= 15 is 0 Å². The van der Waals surface area contributed by atoms with Crippen molar-refractivity contribution in [2.24, 2.45) is 5.92 Å². The fraction of sp³-hybridized carbons (Fsp3) is 0.714. The highest BCUT2D eigenvalue weighted by Crippen LogP contribution is 2.34. The third-order valence-electron chi connectivity index (χ3n) is 4.45. The normalized spacial score (nSPS) is 24.8. The lowest BCUT2D eigenvalue weighted by atomic mass is 9.88. The lowest BCUT2D eigenvalue weighted by molar-refractivity contribution is -0.142. The minimum Gasteiger partial charge on any atom is -0.481 e. The van der Waals surface area contributed by atoms with E-state index < -0.39 is 5.97 Å². The summed E-state index contributed by atoms with van der Waals surface area (Å²) in [7, 11) is 0. The number of nitrogens with zero attached hydrogens (tertiary/aromatic N) is 2. The molecular formula is C14H20N2O2. The summed E-state index contributed by atoms with van der Waals surface area (Å²) in [6.45, 7) is 0.831. The van der Waals surface area contributed by atoms with Crippen LogP contribution in [0, 0.1) is 5.92 Å². The molecule has 1 aliphatic carbocycles. The molecule has 98 valence electrons. The molecule has 0 amide bonds. The molecule has 0 aromatic carbocycles. The monoisotopic (exact) mass is 248 g/mol. The molecule has 18 heavy (non-hydrogen) atoms. The Morgan fingerprint density at radius 2 is 2.06 bits per heavy atom. The van der Waals surface area contributed by atoms with Crippen molar-refractivity contribution >= 4 is 5.97 Å². The van der Waals surface area contributed by atoms with E-state index in [2.05, 4.69) is 9.55 Å². The molecule has 1 N–H and O–H groups in total. The number of carboxylic acids is 1. The number of aliphatic carboxylic acids is 1. The summed E-state index contributed by atoms with van der Waals surface area (Å²) >= 11 is 0. The summed E-state index contributed by atoms with van der Waals surface area (Å²) in [6, 6.07) is 0. The van der Waals surface area contributed by atoms with Crippen LogP contribution in [0.3, 0.4) is 0 Å². The van der Waals surface area contributed by atoms with Crippen LogP contribution in [-0.4, -0.2) is 20.6 Å². The zero-order valence-corrected chi connectivity index (χ0v) is 10.6. The summed E-state index contributed by atoms with van der Waals surface area (Å²) < 4.78 is 2.29. The average Bonchev–Trinajstić information content (AvgIpc) is 2.82. The Hall–Kier alpha value is -1.32. The molecule has 0 spiro atoms. The van der Waals surface area contributed by atoms with E-state index in [4.69, 9.17) is 5.11 Å². The van der Waals surface area contributed by atoms with E-state index in [9.17, 15) is 4.79 Å². The minimum absolute atomic E-state index is 0.214. The van der Waals surface area contributed by atoms with Crippen molar-refractivity contribution in [2.75, 3.05) is 0 Å². The highest BCUT2D eigenvalue weighted by Gasteiger charge is 2.28. The minimum atomic E-state index is -0.665. The first kappa shape index (κ1) is 11.8. The lowest BCUT2D eigenvalue weighted by Crippen LogP contribution is -2.26. The molecule has 0 unspecified atom stereocenters. The first-order chi connectivity index (χ1) is 8.75. The van der Waals surface area contributed by atoms with Gasteiger partial charge in [0.25, 0.3) is 0 Å². The SMILES string of the molecule is O=C(O)[C@@H]1CCn2c(cnc2C2CCCCC2)C1. The Kier molecular flexibility index (Phi) is 3.10. The predicted octanol–water partition coefficient (Wildman–Crippen LogP) is 2.58. The van der Waals surface area contributed by atoms with Gasteiger partial charge in [0, 0.05) is 30.8 Å². The topological polar surface area (TPSA) is 55.1 Å². The Bertz CT molecular complexity index is 447. The number of aromatic nitrogens is 2. The maximum atomic E-state index is 11.0. The molecule has 3 rings (SSSR count). The first-order valence-electron chi connectivity index (χ1n) is 7.03. The van der Waals surface area contributed by atoms with E-state index in [1.54, 1.807) is 0 Å². The molecule has 4 nitrogen and oxygen atoms in total. The molecule has 0 bridgehead atoms. The molecule has 2 aliphatic rings. The molecule has 0 radical (unpaired) electrons. The van der Waals surface area contributed by atoms with Crippen LogP contribution in [0.1, 0.15) is 56.0 Å². The van der Waals surface area contributed by atoms with Crippen LogP contribution < -0.4 is 0 Å². The zero-order chi connectivity index (χ0) is 12.5. The second-order valence-corrected chi connectivity index (χ2v) is 5.62. The number of carboxylic acid groups (broad SMARTS) is 1.